The standard InChI is InChI=1S/C8H10O/c1-7-3-2-4-8(5-7)6-9/h5H,2-4H2,1H3. The third-order valence-corrected chi connectivity index (χ3v) is 1.57. The quantitative estimate of drug-likeness (QED) is 0.448. The summed E-state index contributed by atoms with van der Waals surface area (Å²) in [5, 5.41) is 0. The van der Waals surface area contributed by atoms with Gasteiger partial charge >= 0.3 is 0 Å². The van der Waals surface area contributed by atoms with Crippen LogP contribution >= 0.6 is 0 Å². The lowest BCUT2D eigenvalue weighted by Gasteiger charge is -2.07. The van der Waals surface area contributed by atoms with Crippen LogP contribution in [0.1, 0.15) is 26.2 Å². The van der Waals surface area contributed by atoms with Crippen molar-refractivity contribution in [2.45, 2.75) is 26.2 Å². The van der Waals surface area contributed by atoms with Gasteiger partial charge < -0.3 is 0 Å². The fourth-order valence-electron chi connectivity index (χ4n) is 1.08. The molecule has 9 heavy (non-hydrogen) atoms. The highest BCUT2D eigenvalue weighted by Gasteiger charge is 2.02. The Morgan fingerprint density at radius 3 is 2.78 bits per heavy atom. The molecule has 0 aliphatic heterocycles. The minimum Gasteiger partial charge on any atom is -0.233 e. The average molecular weight is 122 g/mol. The van der Waals surface area contributed by atoms with Gasteiger partial charge in [0.25, 0.3) is 0 Å². The Hall–Kier alpha value is -0.810. The number of allylic oxidation sites excluding steroid dienone is 3. The summed E-state index contributed by atoms with van der Waals surface area (Å²) in [5.41, 5.74) is 2.14. The van der Waals surface area contributed by atoms with Crippen molar-refractivity contribution in [3.05, 3.63) is 17.2 Å². The Morgan fingerprint density at radius 1 is 1.56 bits per heavy atom. The molecule has 0 aromatic rings. The number of rotatable bonds is 0. The van der Waals surface area contributed by atoms with Gasteiger partial charge in [0.15, 0.2) is 0 Å². The Balaban J connectivity index is 2.80. The zero-order chi connectivity index (χ0) is 6.69. The summed E-state index contributed by atoms with van der Waals surface area (Å²) < 4.78 is 0. The molecule has 0 spiro atoms. The molecule has 0 saturated carbocycles. The second-order valence-electron chi connectivity index (χ2n) is 2.47. The minimum atomic E-state index is 0.832. The van der Waals surface area contributed by atoms with E-state index in [9.17, 15) is 4.79 Å². The first-order valence-corrected chi connectivity index (χ1v) is 3.24. The second-order valence-corrected chi connectivity index (χ2v) is 2.47. The maximum atomic E-state index is 10.1. The summed E-state index contributed by atoms with van der Waals surface area (Å²) in [7, 11) is 0. The molecule has 48 valence electrons. The van der Waals surface area contributed by atoms with Gasteiger partial charge in [0.1, 0.15) is 5.94 Å². The molecule has 0 atom stereocenters. The first-order valence-electron chi connectivity index (χ1n) is 3.24. The van der Waals surface area contributed by atoms with Gasteiger partial charge in [-0.25, -0.2) is 4.79 Å². The van der Waals surface area contributed by atoms with E-state index in [1.807, 2.05) is 12.0 Å². The SMILES string of the molecule is CC1=CC(=C=O)CCC1. The zero-order valence-corrected chi connectivity index (χ0v) is 5.61. The normalized spacial score (nSPS) is 18.8. The third kappa shape index (κ3) is 1.55. The van der Waals surface area contributed by atoms with Crippen LogP contribution in [0.4, 0.5) is 0 Å². The van der Waals surface area contributed by atoms with Crippen molar-refractivity contribution in [3.8, 4) is 0 Å². The maximum absolute atomic E-state index is 10.1. The van der Waals surface area contributed by atoms with Crippen LogP contribution in [-0.4, -0.2) is 5.94 Å². The van der Waals surface area contributed by atoms with Gasteiger partial charge in [0.05, 0.1) is 0 Å². The summed E-state index contributed by atoms with van der Waals surface area (Å²) in [5.74, 6) is 1.92. The van der Waals surface area contributed by atoms with E-state index >= 15 is 0 Å². The van der Waals surface area contributed by atoms with Gasteiger partial charge in [-0.15, -0.1) is 0 Å². The molecule has 0 N–H and O–H groups in total. The van der Waals surface area contributed by atoms with E-state index in [1.54, 1.807) is 0 Å². The predicted octanol–water partition coefficient (Wildman–Crippen LogP) is 1.87. The molecule has 1 rings (SSSR count). The zero-order valence-electron chi connectivity index (χ0n) is 5.61. The Bertz CT molecular complexity index is 183. The number of hydrogen-bond acceptors (Lipinski definition) is 1. The molecule has 1 aliphatic rings. The van der Waals surface area contributed by atoms with Gasteiger partial charge in [0, 0.05) is 5.57 Å². The maximum Gasteiger partial charge on any atom is 0.127 e. The van der Waals surface area contributed by atoms with E-state index in [4.69, 9.17) is 0 Å². The minimum absolute atomic E-state index is 0.832. The summed E-state index contributed by atoms with van der Waals surface area (Å²) >= 11 is 0. The molecule has 0 amide bonds. The van der Waals surface area contributed by atoms with Crippen molar-refractivity contribution in [1.29, 1.82) is 0 Å². The lowest BCUT2D eigenvalue weighted by molar-refractivity contribution is 0.565. The highest BCUT2D eigenvalue weighted by atomic mass is 16.1. The molecule has 0 aromatic carbocycles. The molecule has 0 aromatic heterocycles. The lowest BCUT2D eigenvalue weighted by Crippen LogP contribution is -1.91. The molecule has 1 nitrogen and oxygen atoms in total. The fourth-order valence-corrected chi connectivity index (χ4v) is 1.08. The van der Waals surface area contributed by atoms with E-state index < -0.39 is 0 Å². The highest BCUT2D eigenvalue weighted by molar-refractivity contribution is 5.58. The summed E-state index contributed by atoms with van der Waals surface area (Å²) in [4.78, 5) is 10.1. The van der Waals surface area contributed by atoms with Crippen molar-refractivity contribution < 1.29 is 4.79 Å². The van der Waals surface area contributed by atoms with Gasteiger partial charge in [0.2, 0.25) is 0 Å². The topological polar surface area (TPSA) is 17.1 Å². The van der Waals surface area contributed by atoms with Gasteiger partial charge in [-0.3, -0.25) is 0 Å². The van der Waals surface area contributed by atoms with Crippen molar-refractivity contribution >= 4 is 5.94 Å². The number of hydrogen-bond donors (Lipinski definition) is 0. The van der Waals surface area contributed by atoms with Crippen LogP contribution in [0.2, 0.25) is 0 Å². The first kappa shape index (κ1) is 6.31. The lowest BCUT2D eigenvalue weighted by atomic mass is 9.98. The molecule has 0 radical (unpaired) electrons. The van der Waals surface area contributed by atoms with E-state index in [2.05, 4.69) is 6.92 Å². The molecule has 0 saturated heterocycles. The van der Waals surface area contributed by atoms with Crippen LogP contribution in [0, 0.1) is 0 Å². The molecule has 0 unspecified atom stereocenters. The Morgan fingerprint density at radius 2 is 2.33 bits per heavy atom. The molecule has 1 aliphatic carbocycles. The van der Waals surface area contributed by atoms with E-state index in [0.29, 0.717) is 0 Å². The molecule has 1 heteroatoms. The van der Waals surface area contributed by atoms with Gasteiger partial charge in [-0.2, -0.15) is 0 Å². The monoisotopic (exact) mass is 122 g/mol. The Labute approximate surface area is 55.1 Å². The van der Waals surface area contributed by atoms with E-state index in [1.165, 1.54) is 5.57 Å². The van der Waals surface area contributed by atoms with Crippen molar-refractivity contribution in [1.82, 2.24) is 0 Å². The molecule has 0 bridgehead atoms. The highest BCUT2D eigenvalue weighted by Crippen LogP contribution is 2.18. The second kappa shape index (κ2) is 2.65. The van der Waals surface area contributed by atoms with Gasteiger partial charge in [-0.1, -0.05) is 5.57 Å². The van der Waals surface area contributed by atoms with Crippen LogP contribution in [0.25, 0.3) is 0 Å². The Kier molecular flexibility index (Phi) is 1.86. The van der Waals surface area contributed by atoms with Crippen LogP contribution in [0.15, 0.2) is 17.2 Å². The van der Waals surface area contributed by atoms with Gasteiger partial charge in [-0.05, 0) is 32.3 Å². The van der Waals surface area contributed by atoms with Crippen LogP contribution < -0.4 is 0 Å². The molecule has 0 fully saturated rings. The summed E-state index contributed by atoms with van der Waals surface area (Å²) in [6.45, 7) is 2.05. The largest absolute Gasteiger partial charge is 0.233 e. The van der Waals surface area contributed by atoms with Crippen molar-refractivity contribution in [2.24, 2.45) is 0 Å². The first-order chi connectivity index (χ1) is 4.33. The van der Waals surface area contributed by atoms with Crippen LogP contribution in [0.5, 0.6) is 0 Å². The molecular formula is C8H10O. The summed E-state index contributed by atoms with van der Waals surface area (Å²) in [6.07, 6.45) is 5.12. The van der Waals surface area contributed by atoms with Crippen molar-refractivity contribution in [2.75, 3.05) is 0 Å². The van der Waals surface area contributed by atoms with Crippen molar-refractivity contribution in [3.63, 3.8) is 0 Å². The molecule has 0 heterocycles. The predicted molar refractivity (Wildman–Crippen MR) is 36.8 cm³/mol. The number of carbonyl (C=O) groups excluding carboxylic acids is 1. The van der Waals surface area contributed by atoms with Crippen LogP contribution in [0.3, 0.4) is 0 Å². The summed E-state index contributed by atoms with van der Waals surface area (Å²) in [6, 6.07) is 0. The fraction of sp³-hybridized carbons (Fsp3) is 0.500. The van der Waals surface area contributed by atoms with E-state index in [-0.39, 0.29) is 0 Å². The third-order valence-electron chi connectivity index (χ3n) is 1.57. The van der Waals surface area contributed by atoms with E-state index in [0.717, 1.165) is 24.8 Å². The molecular weight excluding hydrogens is 112 g/mol. The average Bonchev–Trinajstić information content (AvgIpc) is 1.88. The smallest absolute Gasteiger partial charge is 0.127 e. The van der Waals surface area contributed by atoms with Crippen LogP contribution in [-0.2, 0) is 4.79 Å².